The summed E-state index contributed by atoms with van der Waals surface area (Å²) in [4.78, 5) is 14.0. The highest BCUT2D eigenvalue weighted by atomic mass is 16.5. The summed E-state index contributed by atoms with van der Waals surface area (Å²) in [5.74, 6) is -0.0258. The van der Waals surface area contributed by atoms with Crippen LogP contribution >= 0.6 is 0 Å². The SMILES string of the molecule is CN(Cc1ccccc1)C(=O)c1cc(-c2ccccc2O)no1. The largest absolute Gasteiger partial charge is 0.507 e. The summed E-state index contributed by atoms with van der Waals surface area (Å²) in [6.07, 6.45) is 0. The first-order chi connectivity index (χ1) is 11.1. The van der Waals surface area contributed by atoms with Gasteiger partial charge < -0.3 is 14.5 Å². The summed E-state index contributed by atoms with van der Waals surface area (Å²) in [6.45, 7) is 0.478. The van der Waals surface area contributed by atoms with Crippen LogP contribution < -0.4 is 0 Å². The van der Waals surface area contributed by atoms with Gasteiger partial charge in [-0.1, -0.05) is 47.6 Å². The van der Waals surface area contributed by atoms with Crippen LogP contribution in [0.25, 0.3) is 11.3 Å². The Bertz CT molecular complexity index is 812. The van der Waals surface area contributed by atoms with Crippen LogP contribution in [-0.2, 0) is 6.54 Å². The molecule has 23 heavy (non-hydrogen) atoms. The molecule has 0 aliphatic heterocycles. The molecular weight excluding hydrogens is 292 g/mol. The smallest absolute Gasteiger partial charge is 0.292 e. The van der Waals surface area contributed by atoms with Crippen LogP contribution in [-0.4, -0.2) is 28.1 Å². The first-order valence-corrected chi connectivity index (χ1v) is 7.19. The Morgan fingerprint density at radius 2 is 1.83 bits per heavy atom. The number of benzene rings is 2. The van der Waals surface area contributed by atoms with Gasteiger partial charge in [-0.05, 0) is 17.7 Å². The third-order valence-electron chi connectivity index (χ3n) is 3.51. The summed E-state index contributed by atoms with van der Waals surface area (Å²) in [5.41, 5.74) is 1.99. The third kappa shape index (κ3) is 3.23. The van der Waals surface area contributed by atoms with Crippen molar-refractivity contribution >= 4 is 5.91 Å². The van der Waals surface area contributed by atoms with E-state index in [9.17, 15) is 9.90 Å². The Labute approximate surface area is 133 Å². The summed E-state index contributed by atoms with van der Waals surface area (Å²) in [6, 6.07) is 18.0. The van der Waals surface area contributed by atoms with Crippen molar-refractivity contribution in [3.8, 4) is 17.0 Å². The summed E-state index contributed by atoms with van der Waals surface area (Å²) in [5, 5.41) is 13.7. The zero-order chi connectivity index (χ0) is 16.2. The highest BCUT2D eigenvalue weighted by Crippen LogP contribution is 2.28. The third-order valence-corrected chi connectivity index (χ3v) is 3.51. The summed E-state index contributed by atoms with van der Waals surface area (Å²) in [7, 11) is 1.71. The molecule has 0 saturated heterocycles. The molecule has 1 amide bonds. The van der Waals surface area contributed by atoms with Gasteiger partial charge in [0.05, 0.1) is 0 Å². The maximum Gasteiger partial charge on any atom is 0.292 e. The molecule has 0 spiro atoms. The van der Waals surface area contributed by atoms with E-state index in [1.54, 1.807) is 42.3 Å². The zero-order valence-corrected chi connectivity index (χ0v) is 12.6. The van der Waals surface area contributed by atoms with Crippen molar-refractivity contribution in [2.45, 2.75) is 6.54 Å². The number of carbonyl (C=O) groups excluding carboxylic acids is 1. The number of phenolic OH excluding ortho intramolecular Hbond substituents is 1. The van der Waals surface area contributed by atoms with Gasteiger partial charge in [-0.25, -0.2) is 0 Å². The van der Waals surface area contributed by atoms with Crippen LogP contribution in [0.4, 0.5) is 0 Å². The lowest BCUT2D eigenvalue weighted by Crippen LogP contribution is -2.25. The molecule has 1 heterocycles. The number of hydrogen-bond acceptors (Lipinski definition) is 4. The van der Waals surface area contributed by atoms with E-state index in [2.05, 4.69) is 5.16 Å². The molecule has 0 aliphatic carbocycles. The molecule has 116 valence electrons. The van der Waals surface area contributed by atoms with Gasteiger partial charge in [0, 0.05) is 25.2 Å². The summed E-state index contributed by atoms with van der Waals surface area (Å²) >= 11 is 0. The van der Waals surface area contributed by atoms with Gasteiger partial charge in [-0.3, -0.25) is 4.79 Å². The predicted octanol–water partition coefficient (Wildman–Crippen LogP) is 3.32. The van der Waals surface area contributed by atoms with Crippen LogP contribution in [0.1, 0.15) is 16.1 Å². The Morgan fingerprint density at radius 1 is 1.13 bits per heavy atom. The topological polar surface area (TPSA) is 66.6 Å². The van der Waals surface area contributed by atoms with Gasteiger partial charge >= 0.3 is 0 Å². The molecule has 0 radical (unpaired) electrons. The predicted molar refractivity (Wildman–Crippen MR) is 85.8 cm³/mol. The molecular formula is C18H16N2O3. The Balaban J connectivity index is 1.77. The zero-order valence-electron chi connectivity index (χ0n) is 12.6. The number of aromatic nitrogens is 1. The minimum atomic E-state index is -0.261. The van der Waals surface area contributed by atoms with Crippen LogP contribution in [0.15, 0.2) is 65.2 Å². The average Bonchev–Trinajstić information content (AvgIpc) is 3.05. The Morgan fingerprint density at radius 3 is 2.57 bits per heavy atom. The Kier molecular flexibility index (Phi) is 4.10. The number of phenols is 1. The first-order valence-electron chi connectivity index (χ1n) is 7.19. The number of hydrogen-bond donors (Lipinski definition) is 1. The standard InChI is InChI=1S/C18H16N2O3/c1-20(12-13-7-3-2-4-8-13)18(22)17-11-15(19-23-17)14-9-5-6-10-16(14)21/h2-11,21H,12H2,1H3. The molecule has 1 aromatic heterocycles. The second-order valence-corrected chi connectivity index (χ2v) is 5.24. The van der Waals surface area contributed by atoms with E-state index in [-0.39, 0.29) is 17.4 Å². The van der Waals surface area contributed by atoms with Crippen molar-refractivity contribution in [3.05, 3.63) is 72.0 Å². The maximum atomic E-state index is 12.4. The molecule has 0 atom stereocenters. The molecule has 0 aliphatic rings. The van der Waals surface area contributed by atoms with E-state index in [1.807, 2.05) is 30.3 Å². The fourth-order valence-corrected chi connectivity index (χ4v) is 2.31. The number of amides is 1. The van der Waals surface area contributed by atoms with Gasteiger partial charge in [0.25, 0.3) is 5.91 Å². The minimum Gasteiger partial charge on any atom is -0.507 e. The molecule has 0 bridgehead atoms. The quantitative estimate of drug-likeness (QED) is 0.803. The van der Waals surface area contributed by atoms with Crippen molar-refractivity contribution in [3.63, 3.8) is 0 Å². The molecule has 0 unspecified atom stereocenters. The van der Waals surface area contributed by atoms with E-state index in [0.29, 0.717) is 17.8 Å². The van der Waals surface area contributed by atoms with Crippen molar-refractivity contribution in [2.24, 2.45) is 0 Å². The summed E-state index contributed by atoms with van der Waals surface area (Å²) < 4.78 is 5.14. The molecule has 5 nitrogen and oxygen atoms in total. The van der Waals surface area contributed by atoms with Crippen LogP contribution in [0.5, 0.6) is 5.75 Å². The molecule has 2 aromatic carbocycles. The molecule has 3 aromatic rings. The first kappa shape index (κ1) is 14.8. The van der Waals surface area contributed by atoms with Crippen molar-refractivity contribution < 1.29 is 14.4 Å². The van der Waals surface area contributed by atoms with E-state index in [0.717, 1.165) is 5.56 Å². The van der Waals surface area contributed by atoms with Crippen molar-refractivity contribution in [1.82, 2.24) is 10.1 Å². The second-order valence-electron chi connectivity index (χ2n) is 5.24. The van der Waals surface area contributed by atoms with Gasteiger partial charge in [0.1, 0.15) is 11.4 Å². The van der Waals surface area contributed by atoms with E-state index in [1.165, 1.54) is 0 Å². The number of carbonyl (C=O) groups is 1. The van der Waals surface area contributed by atoms with E-state index in [4.69, 9.17) is 4.52 Å². The molecule has 5 heteroatoms. The van der Waals surface area contributed by atoms with Gasteiger partial charge in [-0.2, -0.15) is 0 Å². The fraction of sp³-hybridized carbons (Fsp3) is 0.111. The van der Waals surface area contributed by atoms with Gasteiger partial charge in [-0.15, -0.1) is 0 Å². The minimum absolute atomic E-state index is 0.0949. The second kappa shape index (κ2) is 6.36. The number of para-hydroxylation sites is 1. The molecule has 1 N–H and O–H groups in total. The van der Waals surface area contributed by atoms with Crippen LogP contribution in [0.2, 0.25) is 0 Å². The molecule has 3 rings (SSSR count). The highest BCUT2D eigenvalue weighted by Gasteiger charge is 2.19. The van der Waals surface area contributed by atoms with Crippen LogP contribution in [0.3, 0.4) is 0 Å². The van der Waals surface area contributed by atoms with Crippen LogP contribution in [0, 0.1) is 0 Å². The Hall–Kier alpha value is -3.08. The normalized spacial score (nSPS) is 10.5. The monoisotopic (exact) mass is 308 g/mol. The fourth-order valence-electron chi connectivity index (χ4n) is 2.31. The molecule has 0 fully saturated rings. The van der Waals surface area contributed by atoms with Gasteiger partial charge in [0.2, 0.25) is 5.76 Å². The molecule has 0 saturated carbocycles. The number of aromatic hydroxyl groups is 1. The van der Waals surface area contributed by atoms with Crippen molar-refractivity contribution in [2.75, 3.05) is 7.05 Å². The number of nitrogens with zero attached hydrogens (tertiary/aromatic N) is 2. The van der Waals surface area contributed by atoms with E-state index >= 15 is 0 Å². The van der Waals surface area contributed by atoms with Crippen molar-refractivity contribution in [1.29, 1.82) is 0 Å². The lowest BCUT2D eigenvalue weighted by atomic mass is 10.1. The lowest BCUT2D eigenvalue weighted by molar-refractivity contribution is 0.0743. The lowest BCUT2D eigenvalue weighted by Gasteiger charge is -2.15. The van der Waals surface area contributed by atoms with E-state index < -0.39 is 0 Å². The average molecular weight is 308 g/mol. The van der Waals surface area contributed by atoms with Gasteiger partial charge in [0.15, 0.2) is 0 Å². The maximum absolute atomic E-state index is 12.4. The highest BCUT2D eigenvalue weighted by molar-refractivity contribution is 5.92. The number of rotatable bonds is 4.